The van der Waals surface area contributed by atoms with Crippen molar-refractivity contribution in [2.24, 2.45) is 5.10 Å². The molecule has 2 aliphatic heterocycles. The number of aromatic nitrogens is 4. The lowest BCUT2D eigenvalue weighted by Crippen LogP contribution is -2.34. The van der Waals surface area contributed by atoms with Crippen molar-refractivity contribution in [1.29, 1.82) is 0 Å². The first kappa shape index (κ1) is 24.4. The Morgan fingerprint density at radius 3 is 2.11 bits per heavy atom. The summed E-state index contributed by atoms with van der Waals surface area (Å²) >= 11 is 0. The fraction of sp³-hybridized carbons (Fsp3) is 0.400. The van der Waals surface area contributed by atoms with Gasteiger partial charge < -0.3 is 14.4 Å². The average molecular weight is 509 g/mol. The lowest BCUT2D eigenvalue weighted by atomic mass is 10.1. The maximum atomic E-state index is 4.87. The van der Waals surface area contributed by atoms with Crippen LogP contribution in [0, 0.1) is 6.92 Å². The van der Waals surface area contributed by atoms with Crippen LogP contribution in [0.5, 0.6) is 0 Å². The summed E-state index contributed by atoms with van der Waals surface area (Å²) in [7, 11) is 0. The second-order valence-electron chi connectivity index (χ2n) is 10.4. The Kier molecular flexibility index (Phi) is 7.20. The molecule has 2 aromatic heterocycles. The molecule has 0 spiro atoms. The summed E-state index contributed by atoms with van der Waals surface area (Å²) in [6.07, 6.45) is 11.3. The van der Waals surface area contributed by atoms with Crippen LogP contribution in [0.1, 0.15) is 55.2 Å². The number of hydrazone groups is 1. The Bertz CT molecular complexity index is 1380. The molecule has 8 heteroatoms. The molecule has 196 valence electrons. The number of nitrogens with zero attached hydrogens (tertiary/aromatic N) is 7. The van der Waals surface area contributed by atoms with E-state index in [2.05, 4.69) is 86.5 Å². The summed E-state index contributed by atoms with van der Waals surface area (Å²) in [4.78, 5) is 19.0. The minimum absolute atomic E-state index is 0.501. The Balaban J connectivity index is 1.26. The number of aryl methyl sites for hydroxylation is 1. The molecule has 6 rings (SSSR count). The first-order chi connectivity index (χ1) is 18.7. The monoisotopic (exact) mass is 508 g/mol. The largest absolute Gasteiger partial charge is 0.342 e. The van der Waals surface area contributed by atoms with Crippen LogP contribution in [0.3, 0.4) is 0 Å². The number of piperidine rings is 2. The minimum Gasteiger partial charge on any atom is -0.342 e. The number of para-hydroxylation sites is 1. The fourth-order valence-corrected chi connectivity index (χ4v) is 5.51. The molecule has 8 nitrogen and oxygen atoms in total. The molecule has 2 saturated heterocycles. The van der Waals surface area contributed by atoms with E-state index in [-0.39, 0.29) is 0 Å². The van der Waals surface area contributed by atoms with Gasteiger partial charge in [-0.15, -0.1) is 0 Å². The molecule has 0 unspecified atom stereocenters. The lowest BCUT2D eigenvalue weighted by Gasteiger charge is -2.30. The zero-order chi connectivity index (χ0) is 25.7. The van der Waals surface area contributed by atoms with Crippen LogP contribution in [-0.2, 0) is 6.54 Å². The first-order valence-corrected chi connectivity index (χ1v) is 13.9. The van der Waals surface area contributed by atoms with Crippen molar-refractivity contribution in [1.82, 2.24) is 19.5 Å². The summed E-state index contributed by atoms with van der Waals surface area (Å²) < 4.78 is 2.30. The predicted molar refractivity (Wildman–Crippen MR) is 155 cm³/mol. The number of hydrogen-bond donors (Lipinski definition) is 1. The van der Waals surface area contributed by atoms with Gasteiger partial charge in [0.15, 0.2) is 0 Å². The van der Waals surface area contributed by atoms with Crippen molar-refractivity contribution in [2.75, 3.05) is 41.4 Å². The van der Waals surface area contributed by atoms with Gasteiger partial charge in [-0.3, -0.25) is 0 Å². The van der Waals surface area contributed by atoms with Gasteiger partial charge in [0, 0.05) is 55.4 Å². The summed E-state index contributed by atoms with van der Waals surface area (Å²) in [5.74, 6) is 2.02. The highest BCUT2D eigenvalue weighted by Crippen LogP contribution is 2.24. The zero-order valence-corrected chi connectivity index (χ0v) is 22.2. The summed E-state index contributed by atoms with van der Waals surface area (Å²) in [5, 5.41) is 5.77. The molecule has 2 aromatic carbocycles. The Hall–Kier alpha value is -3.94. The number of nitrogens with one attached hydrogen (secondary N) is 1. The van der Waals surface area contributed by atoms with Crippen LogP contribution in [0.15, 0.2) is 59.8 Å². The Morgan fingerprint density at radius 2 is 1.42 bits per heavy atom. The average Bonchev–Trinajstić information content (AvgIpc) is 3.32. The van der Waals surface area contributed by atoms with Gasteiger partial charge in [0.1, 0.15) is 0 Å². The molecule has 4 heterocycles. The highest BCUT2D eigenvalue weighted by molar-refractivity contribution is 5.99. The molecule has 0 aliphatic carbocycles. The van der Waals surface area contributed by atoms with Gasteiger partial charge in [-0.2, -0.15) is 20.1 Å². The summed E-state index contributed by atoms with van der Waals surface area (Å²) in [6.45, 7) is 6.96. The second-order valence-corrected chi connectivity index (χ2v) is 10.4. The van der Waals surface area contributed by atoms with Crippen LogP contribution in [0.4, 0.5) is 17.8 Å². The summed E-state index contributed by atoms with van der Waals surface area (Å²) in [5.41, 5.74) is 7.99. The van der Waals surface area contributed by atoms with Crippen LogP contribution < -0.4 is 15.2 Å². The topological polar surface area (TPSA) is 74.5 Å². The molecule has 0 saturated carbocycles. The SMILES string of the molecule is Cc1ccccc1Cn1cc(C=NNc2nc(N3CCCCC3)nc(N3CCCCC3)n2)c2ccccc21. The third kappa shape index (κ3) is 5.35. The first-order valence-electron chi connectivity index (χ1n) is 13.9. The van der Waals surface area contributed by atoms with Crippen LogP contribution >= 0.6 is 0 Å². The molecular weight excluding hydrogens is 472 g/mol. The number of rotatable bonds is 7. The number of benzene rings is 2. The van der Waals surface area contributed by atoms with E-state index in [1.807, 2.05) is 6.21 Å². The molecule has 2 aliphatic rings. The molecule has 0 bridgehead atoms. The summed E-state index contributed by atoms with van der Waals surface area (Å²) in [6, 6.07) is 17.0. The van der Waals surface area contributed by atoms with Crippen molar-refractivity contribution in [2.45, 2.75) is 52.0 Å². The number of hydrogen-bond acceptors (Lipinski definition) is 7. The molecule has 0 amide bonds. The Labute approximate surface area is 224 Å². The van der Waals surface area contributed by atoms with Gasteiger partial charge >= 0.3 is 0 Å². The third-order valence-corrected chi connectivity index (χ3v) is 7.68. The quantitative estimate of drug-likeness (QED) is 0.258. The van der Waals surface area contributed by atoms with Crippen molar-refractivity contribution in [3.05, 3.63) is 71.4 Å². The lowest BCUT2D eigenvalue weighted by molar-refractivity contribution is 0.556. The van der Waals surface area contributed by atoms with Crippen LogP contribution in [0.2, 0.25) is 0 Å². The van der Waals surface area contributed by atoms with E-state index in [4.69, 9.17) is 15.0 Å². The maximum Gasteiger partial charge on any atom is 0.250 e. The highest BCUT2D eigenvalue weighted by Gasteiger charge is 2.20. The van der Waals surface area contributed by atoms with E-state index in [0.717, 1.165) is 50.2 Å². The van der Waals surface area contributed by atoms with Gasteiger partial charge in [-0.1, -0.05) is 42.5 Å². The number of fused-ring (bicyclic) bond motifs is 1. The zero-order valence-electron chi connectivity index (χ0n) is 22.2. The van der Waals surface area contributed by atoms with E-state index >= 15 is 0 Å². The van der Waals surface area contributed by atoms with Crippen LogP contribution in [0.25, 0.3) is 10.9 Å². The normalized spacial score (nSPS) is 16.4. The van der Waals surface area contributed by atoms with E-state index < -0.39 is 0 Å². The van der Waals surface area contributed by atoms with Gasteiger partial charge in [-0.25, -0.2) is 5.43 Å². The molecule has 0 radical (unpaired) electrons. The Morgan fingerprint density at radius 1 is 0.789 bits per heavy atom. The second kappa shape index (κ2) is 11.2. The van der Waals surface area contributed by atoms with Crippen molar-refractivity contribution < 1.29 is 0 Å². The van der Waals surface area contributed by atoms with Gasteiger partial charge in [-0.05, 0) is 62.6 Å². The van der Waals surface area contributed by atoms with E-state index in [1.165, 1.54) is 60.6 Å². The molecule has 4 aromatic rings. The van der Waals surface area contributed by atoms with Gasteiger partial charge in [0.2, 0.25) is 17.8 Å². The van der Waals surface area contributed by atoms with Gasteiger partial charge in [0.25, 0.3) is 0 Å². The van der Waals surface area contributed by atoms with Gasteiger partial charge in [0.05, 0.1) is 6.21 Å². The fourth-order valence-electron chi connectivity index (χ4n) is 5.51. The number of anilines is 3. The molecule has 38 heavy (non-hydrogen) atoms. The smallest absolute Gasteiger partial charge is 0.250 e. The van der Waals surface area contributed by atoms with Crippen LogP contribution in [-0.4, -0.2) is 51.9 Å². The standard InChI is InChI=1S/C30H36N8/c1-23-12-4-5-13-24(23)21-38-22-25(26-14-6-7-15-27(26)38)20-31-35-28-32-29(36-16-8-2-9-17-36)34-30(33-28)37-18-10-3-11-19-37/h4-7,12-15,20,22H,2-3,8-11,16-19,21H2,1H3,(H,32,33,34,35). The highest BCUT2D eigenvalue weighted by atomic mass is 15.4. The van der Waals surface area contributed by atoms with Crippen molar-refractivity contribution in [3.8, 4) is 0 Å². The molecule has 1 N–H and O–H groups in total. The van der Waals surface area contributed by atoms with Crippen molar-refractivity contribution in [3.63, 3.8) is 0 Å². The van der Waals surface area contributed by atoms with E-state index in [1.54, 1.807) is 0 Å². The molecule has 2 fully saturated rings. The predicted octanol–water partition coefficient (Wildman–Crippen LogP) is 5.61. The van der Waals surface area contributed by atoms with Crippen molar-refractivity contribution >= 4 is 35.0 Å². The van der Waals surface area contributed by atoms with E-state index in [0.29, 0.717) is 5.95 Å². The molecular formula is C30H36N8. The molecule has 0 atom stereocenters. The maximum absolute atomic E-state index is 4.87. The third-order valence-electron chi connectivity index (χ3n) is 7.68. The van der Waals surface area contributed by atoms with E-state index in [9.17, 15) is 0 Å². The minimum atomic E-state index is 0.501.